The fourth-order valence-corrected chi connectivity index (χ4v) is 4.41. The number of nitrogens with zero attached hydrogens (tertiary/aromatic N) is 2. The Bertz CT molecular complexity index is 1090. The van der Waals surface area contributed by atoms with Crippen molar-refractivity contribution in [2.24, 2.45) is 0 Å². The summed E-state index contributed by atoms with van der Waals surface area (Å²) in [6.45, 7) is 2.72. The summed E-state index contributed by atoms with van der Waals surface area (Å²) in [6.07, 6.45) is 1.47. The number of halogens is 1. The third-order valence-corrected chi connectivity index (χ3v) is 6.30. The normalized spacial score (nSPS) is 11.0. The molecule has 0 atom stereocenters. The van der Waals surface area contributed by atoms with Crippen LogP contribution in [0.25, 0.3) is 0 Å². The maximum Gasteiger partial charge on any atom is 0.270 e. The van der Waals surface area contributed by atoms with Gasteiger partial charge in [0.1, 0.15) is 16.5 Å². The number of benzene rings is 2. The minimum absolute atomic E-state index is 0.199. The zero-order valence-corrected chi connectivity index (χ0v) is 21.2. The molecule has 1 amide bonds. The van der Waals surface area contributed by atoms with Gasteiger partial charge < -0.3 is 19.5 Å². The molecule has 0 spiro atoms. The second-order valence-electron chi connectivity index (χ2n) is 7.97. The molecule has 2 aromatic carbocycles. The Morgan fingerprint density at radius 1 is 1.09 bits per heavy atom. The van der Waals surface area contributed by atoms with Gasteiger partial charge in [0.05, 0.1) is 20.8 Å². The number of nitrogens with one attached hydrogen (secondary N) is 1. The highest BCUT2D eigenvalue weighted by atomic mass is 32.1. The monoisotopic (exact) mass is 501 g/mol. The number of methoxy groups -OCH3 is 3. The summed E-state index contributed by atoms with van der Waals surface area (Å²) in [5.41, 5.74) is 2.09. The minimum atomic E-state index is -0.237. The van der Waals surface area contributed by atoms with E-state index in [2.05, 4.69) is 15.2 Å². The first-order valence-electron chi connectivity index (χ1n) is 11.4. The van der Waals surface area contributed by atoms with Gasteiger partial charge >= 0.3 is 0 Å². The second kappa shape index (κ2) is 13.8. The molecule has 0 saturated heterocycles. The molecule has 35 heavy (non-hydrogen) atoms. The van der Waals surface area contributed by atoms with Crippen molar-refractivity contribution in [1.29, 1.82) is 0 Å². The Morgan fingerprint density at radius 2 is 1.89 bits per heavy atom. The van der Waals surface area contributed by atoms with Crippen molar-refractivity contribution in [3.63, 3.8) is 0 Å². The van der Waals surface area contributed by atoms with E-state index < -0.39 is 0 Å². The van der Waals surface area contributed by atoms with E-state index >= 15 is 0 Å². The van der Waals surface area contributed by atoms with Gasteiger partial charge in [0.15, 0.2) is 11.5 Å². The number of thiazole rings is 1. The van der Waals surface area contributed by atoms with Crippen molar-refractivity contribution in [3.05, 3.63) is 75.5 Å². The molecular weight excluding hydrogens is 469 g/mol. The van der Waals surface area contributed by atoms with E-state index in [1.807, 2.05) is 24.3 Å². The first kappa shape index (κ1) is 26.6. The average molecular weight is 502 g/mol. The van der Waals surface area contributed by atoms with Gasteiger partial charge in [-0.05, 0) is 36.6 Å². The highest BCUT2D eigenvalue weighted by molar-refractivity contribution is 7.09. The van der Waals surface area contributed by atoms with Crippen molar-refractivity contribution in [2.75, 3.05) is 41.0 Å². The molecule has 0 aliphatic heterocycles. The van der Waals surface area contributed by atoms with Crippen molar-refractivity contribution in [3.8, 4) is 11.5 Å². The molecule has 0 aliphatic carbocycles. The fourth-order valence-electron chi connectivity index (χ4n) is 3.59. The molecule has 1 aromatic heterocycles. The molecule has 188 valence electrons. The zero-order valence-electron chi connectivity index (χ0n) is 20.4. The Morgan fingerprint density at radius 3 is 2.63 bits per heavy atom. The lowest BCUT2D eigenvalue weighted by atomic mass is 10.1. The van der Waals surface area contributed by atoms with Gasteiger partial charge in [-0.2, -0.15) is 0 Å². The van der Waals surface area contributed by atoms with E-state index in [-0.39, 0.29) is 11.7 Å². The summed E-state index contributed by atoms with van der Waals surface area (Å²) >= 11 is 1.43. The molecular formula is C26H32FN3O4S. The van der Waals surface area contributed by atoms with Crippen LogP contribution in [0.4, 0.5) is 4.39 Å². The summed E-state index contributed by atoms with van der Waals surface area (Å²) in [5.74, 6) is 0.912. The van der Waals surface area contributed by atoms with Crippen molar-refractivity contribution in [1.82, 2.24) is 15.2 Å². The number of hydrogen-bond donors (Lipinski definition) is 1. The van der Waals surface area contributed by atoms with E-state index in [4.69, 9.17) is 14.2 Å². The topological polar surface area (TPSA) is 72.9 Å². The summed E-state index contributed by atoms with van der Waals surface area (Å²) in [4.78, 5) is 19.0. The molecule has 0 aliphatic rings. The smallest absolute Gasteiger partial charge is 0.270 e. The van der Waals surface area contributed by atoms with E-state index in [9.17, 15) is 9.18 Å². The quantitative estimate of drug-likeness (QED) is 0.332. The van der Waals surface area contributed by atoms with E-state index in [0.717, 1.165) is 23.4 Å². The molecule has 0 radical (unpaired) electrons. The summed E-state index contributed by atoms with van der Waals surface area (Å²) in [6, 6.07) is 12.6. The van der Waals surface area contributed by atoms with Crippen LogP contribution in [0.3, 0.4) is 0 Å². The van der Waals surface area contributed by atoms with Crippen LogP contribution in [-0.2, 0) is 24.2 Å². The van der Waals surface area contributed by atoms with E-state index in [1.165, 1.54) is 17.4 Å². The number of aromatic nitrogens is 1. The van der Waals surface area contributed by atoms with Crippen LogP contribution < -0.4 is 14.8 Å². The highest BCUT2D eigenvalue weighted by Crippen LogP contribution is 2.28. The molecule has 3 rings (SSSR count). The number of amides is 1. The van der Waals surface area contributed by atoms with E-state index in [1.54, 1.807) is 38.8 Å². The van der Waals surface area contributed by atoms with Gasteiger partial charge in [0.25, 0.3) is 5.91 Å². The van der Waals surface area contributed by atoms with Gasteiger partial charge in [0, 0.05) is 44.3 Å². The van der Waals surface area contributed by atoms with Gasteiger partial charge in [-0.3, -0.25) is 9.69 Å². The zero-order chi connectivity index (χ0) is 25.0. The molecule has 7 nitrogen and oxygen atoms in total. The van der Waals surface area contributed by atoms with Gasteiger partial charge in [-0.15, -0.1) is 11.3 Å². The molecule has 0 unspecified atom stereocenters. The molecule has 0 saturated carbocycles. The highest BCUT2D eigenvalue weighted by Gasteiger charge is 2.16. The van der Waals surface area contributed by atoms with Crippen molar-refractivity contribution >= 4 is 17.2 Å². The lowest BCUT2D eigenvalue weighted by Gasteiger charge is -2.22. The van der Waals surface area contributed by atoms with Crippen LogP contribution >= 0.6 is 11.3 Å². The Hall–Kier alpha value is -3.01. The summed E-state index contributed by atoms with van der Waals surface area (Å²) in [7, 11) is 4.85. The van der Waals surface area contributed by atoms with Crippen LogP contribution in [-0.4, -0.2) is 56.8 Å². The third-order valence-electron chi connectivity index (χ3n) is 5.47. The number of carbonyl (C=O) groups excluding carboxylic acids is 1. The number of rotatable bonds is 14. The number of hydrogen-bond acceptors (Lipinski definition) is 7. The third kappa shape index (κ3) is 8.02. The SMILES string of the molecule is COCCCNC(=O)c1csc(CN(CCc2ccc(OC)c(OC)c2)Cc2ccccc2F)n1. The number of carbonyl (C=O) groups is 1. The number of ether oxygens (including phenoxy) is 3. The van der Waals surface area contributed by atoms with Crippen LogP contribution in [0.1, 0.15) is 33.0 Å². The Labute approximate surface area is 209 Å². The predicted molar refractivity (Wildman–Crippen MR) is 135 cm³/mol. The Balaban J connectivity index is 1.69. The standard InChI is InChI=1S/C26H32FN3O4S/c1-32-14-6-12-28-26(31)22-18-35-25(29-22)17-30(16-20-7-4-5-8-21(20)27)13-11-19-9-10-23(33-2)24(15-19)34-3/h4-5,7-10,15,18H,6,11-14,16-17H2,1-3H3,(H,28,31). The molecule has 0 fully saturated rings. The fraction of sp³-hybridized carbons (Fsp3) is 0.385. The predicted octanol–water partition coefficient (Wildman–Crippen LogP) is 4.31. The minimum Gasteiger partial charge on any atom is -0.493 e. The maximum atomic E-state index is 14.4. The van der Waals surface area contributed by atoms with Gasteiger partial charge in [0.2, 0.25) is 0 Å². The maximum absolute atomic E-state index is 14.4. The molecule has 9 heteroatoms. The first-order chi connectivity index (χ1) is 17.0. The lowest BCUT2D eigenvalue weighted by molar-refractivity contribution is 0.0944. The van der Waals surface area contributed by atoms with E-state index in [0.29, 0.717) is 55.5 Å². The van der Waals surface area contributed by atoms with Crippen molar-refractivity contribution in [2.45, 2.75) is 25.9 Å². The van der Waals surface area contributed by atoms with Crippen LogP contribution in [0.15, 0.2) is 47.8 Å². The van der Waals surface area contributed by atoms with Crippen LogP contribution in [0.2, 0.25) is 0 Å². The van der Waals surface area contributed by atoms with Crippen molar-refractivity contribution < 1.29 is 23.4 Å². The lowest BCUT2D eigenvalue weighted by Crippen LogP contribution is -2.27. The first-order valence-corrected chi connectivity index (χ1v) is 12.3. The molecule has 1 N–H and O–H groups in total. The molecule has 3 aromatic rings. The Kier molecular flexibility index (Phi) is 10.5. The molecule has 1 heterocycles. The van der Waals surface area contributed by atoms with Gasteiger partial charge in [-0.1, -0.05) is 24.3 Å². The largest absolute Gasteiger partial charge is 0.493 e. The summed E-state index contributed by atoms with van der Waals surface area (Å²) < 4.78 is 30.1. The average Bonchev–Trinajstić information content (AvgIpc) is 3.34. The second-order valence-corrected chi connectivity index (χ2v) is 8.91. The van der Waals surface area contributed by atoms with Crippen LogP contribution in [0.5, 0.6) is 11.5 Å². The van der Waals surface area contributed by atoms with Crippen LogP contribution in [0, 0.1) is 5.82 Å². The molecule has 0 bridgehead atoms. The summed E-state index contributed by atoms with van der Waals surface area (Å²) in [5, 5.41) is 5.42. The van der Waals surface area contributed by atoms with Gasteiger partial charge in [-0.25, -0.2) is 9.37 Å².